The molecule has 1 unspecified atom stereocenters. The quantitative estimate of drug-likeness (QED) is 0.640. The number of aryl methyl sites for hydroxylation is 2. The minimum Gasteiger partial charge on any atom is -0.464 e. The van der Waals surface area contributed by atoms with Gasteiger partial charge in [-0.15, -0.1) is 0 Å². The van der Waals surface area contributed by atoms with Crippen molar-refractivity contribution in [3.05, 3.63) is 54.0 Å². The Morgan fingerprint density at radius 1 is 1.20 bits per heavy atom. The van der Waals surface area contributed by atoms with E-state index >= 15 is 0 Å². The molecule has 0 fully saturated rings. The number of carbonyl (C=O) groups excluding carboxylic acids is 1. The second kappa shape index (κ2) is 8.19. The van der Waals surface area contributed by atoms with Crippen LogP contribution in [-0.2, 0) is 11.3 Å². The highest BCUT2D eigenvalue weighted by molar-refractivity contribution is 5.92. The van der Waals surface area contributed by atoms with Crippen molar-refractivity contribution in [2.24, 2.45) is 0 Å². The van der Waals surface area contributed by atoms with Crippen molar-refractivity contribution in [3.63, 3.8) is 0 Å². The summed E-state index contributed by atoms with van der Waals surface area (Å²) >= 11 is 0. The smallest absolute Gasteiger partial charge is 0.247 e. The minimum absolute atomic E-state index is 0.0409. The third-order valence-corrected chi connectivity index (χ3v) is 4.73. The van der Waals surface area contributed by atoms with Crippen LogP contribution >= 0.6 is 0 Å². The van der Waals surface area contributed by atoms with Gasteiger partial charge in [0.05, 0.1) is 6.33 Å². The van der Waals surface area contributed by atoms with Gasteiger partial charge in [-0.1, -0.05) is 19.8 Å². The molecule has 1 amide bonds. The number of carbonyl (C=O) groups is 1. The van der Waals surface area contributed by atoms with Crippen LogP contribution in [0, 0.1) is 6.92 Å². The fourth-order valence-electron chi connectivity index (χ4n) is 3.45. The van der Waals surface area contributed by atoms with Gasteiger partial charge in [0.2, 0.25) is 5.91 Å². The van der Waals surface area contributed by atoms with Crippen LogP contribution in [0.2, 0.25) is 0 Å². The van der Waals surface area contributed by atoms with Crippen LogP contribution in [0.15, 0.2) is 46.9 Å². The zero-order chi connectivity index (χ0) is 17.6. The molecule has 1 aliphatic heterocycles. The fraction of sp³-hybridized carbons (Fsp3) is 0.500. The van der Waals surface area contributed by atoms with Gasteiger partial charge in [0.25, 0.3) is 0 Å². The highest BCUT2D eigenvalue weighted by Gasteiger charge is 2.35. The van der Waals surface area contributed by atoms with Crippen LogP contribution in [0.1, 0.15) is 56.6 Å². The molecule has 5 nitrogen and oxygen atoms in total. The van der Waals surface area contributed by atoms with Crippen LogP contribution in [0.5, 0.6) is 0 Å². The molecule has 0 spiro atoms. The maximum atomic E-state index is 12.6. The van der Waals surface area contributed by atoms with Crippen LogP contribution in [0.3, 0.4) is 0 Å². The molecule has 3 rings (SSSR count). The summed E-state index contributed by atoms with van der Waals surface area (Å²) in [6.07, 6.45) is 12.7. The van der Waals surface area contributed by atoms with E-state index in [1.54, 1.807) is 6.20 Å². The molecule has 2 aromatic rings. The van der Waals surface area contributed by atoms with E-state index < -0.39 is 0 Å². The number of aromatic nitrogens is 2. The van der Waals surface area contributed by atoms with E-state index in [4.69, 9.17) is 4.42 Å². The molecule has 1 aliphatic rings. The van der Waals surface area contributed by atoms with E-state index in [0.29, 0.717) is 0 Å². The zero-order valence-corrected chi connectivity index (χ0v) is 15.1. The molecule has 0 saturated carbocycles. The van der Waals surface area contributed by atoms with Gasteiger partial charge < -0.3 is 13.9 Å². The monoisotopic (exact) mass is 341 g/mol. The summed E-state index contributed by atoms with van der Waals surface area (Å²) in [6, 6.07) is 3.95. The Morgan fingerprint density at radius 2 is 2.08 bits per heavy atom. The molecule has 2 aromatic heterocycles. The number of hydrogen-bond acceptors (Lipinski definition) is 3. The highest BCUT2D eigenvalue weighted by Crippen LogP contribution is 2.37. The Balaban J connectivity index is 1.69. The summed E-state index contributed by atoms with van der Waals surface area (Å²) in [5.41, 5.74) is 1.19. The van der Waals surface area contributed by atoms with Crippen molar-refractivity contribution >= 4 is 5.91 Å². The first-order chi connectivity index (χ1) is 12.2. The maximum absolute atomic E-state index is 12.6. The molecule has 0 saturated heterocycles. The molecule has 0 radical (unpaired) electrons. The molecule has 0 aromatic carbocycles. The van der Waals surface area contributed by atoms with E-state index in [1.807, 2.05) is 47.1 Å². The summed E-state index contributed by atoms with van der Waals surface area (Å²) in [4.78, 5) is 18.6. The molecule has 3 heterocycles. The lowest BCUT2D eigenvalue weighted by Gasteiger charge is -2.26. The Labute approximate surface area is 149 Å². The third kappa shape index (κ3) is 4.21. The number of rotatable bonds is 9. The summed E-state index contributed by atoms with van der Waals surface area (Å²) in [5.74, 6) is 1.88. The predicted octanol–water partition coefficient (Wildman–Crippen LogP) is 4.26. The molecule has 134 valence electrons. The molecule has 5 heteroatoms. The fourth-order valence-corrected chi connectivity index (χ4v) is 3.45. The maximum Gasteiger partial charge on any atom is 0.247 e. The van der Waals surface area contributed by atoms with Gasteiger partial charge >= 0.3 is 0 Å². The Hall–Kier alpha value is -2.30. The molecular formula is C20H27N3O2. The van der Waals surface area contributed by atoms with Crippen molar-refractivity contribution in [2.45, 2.75) is 58.5 Å². The molecule has 0 bridgehead atoms. The van der Waals surface area contributed by atoms with Crippen molar-refractivity contribution in [3.8, 4) is 0 Å². The Kier molecular flexibility index (Phi) is 5.74. The molecule has 0 N–H and O–H groups in total. The SMILES string of the molecule is CCCCCC1=CC(=O)N(CCCn2ccnc2)C1c1ccc(C)o1. The normalized spacial score (nSPS) is 17.4. The lowest BCUT2D eigenvalue weighted by Crippen LogP contribution is -2.31. The van der Waals surface area contributed by atoms with E-state index in [1.165, 1.54) is 18.4 Å². The number of nitrogens with zero attached hydrogens (tertiary/aromatic N) is 3. The second-order valence-electron chi connectivity index (χ2n) is 6.71. The molecular weight excluding hydrogens is 314 g/mol. The summed E-state index contributed by atoms with van der Waals surface area (Å²) in [7, 11) is 0. The van der Waals surface area contributed by atoms with E-state index in [2.05, 4.69) is 11.9 Å². The van der Waals surface area contributed by atoms with Crippen molar-refractivity contribution < 1.29 is 9.21 Å². The third-order valence-electron chi connectivity index (χ3n) is 4.73. The van der Waals surface area contributed by atoms with Crippen LogP contribution in [0.4, 0.5) is 0 Å². The zero-order valence-electron chi connectivity index (χ0n) is 15.1. The van der Waals surface area contributed by atoms with Crippen molar-refractivity contribution in [1.82, 2.24) is 14.5 Å². The topological polar surface area (TPSA) is 51.3 Å². The van der Waals surface area contributed by atoms with Gasteiger partial charge in [0, 0.05) is 31.6 Å². The number of imidazole rings is 1. The highest BCUT2D eigenvalue weighted by atomic mass is 16.3. The van der Waals surface area contributed by atoms with Crippen LogP contribution in [0.25, 0.3) is 0 Å². The summed E-state index contributed by atoms with van der Waals surface area (Å²) in [6.45, 7) is 5.72. The predicted molar refractivity (Wildman–Crippen MR) is 97.0 cm³/mol. The van der Waals surface area contributed by atoms with Crippen LogP contribution in [-0.4, -0.2) is 26.9 Å². The van der Waals surface area contributed by atoms with Gasteiger partial charge in [-0.25, -0.2) is 4.98 Å². The van der Waals surface area contributed by atoms with E-state index in [9.17, 15) is 4.79 Å². The second-order valence-corrected chi connectivity index (χ2v) is 6.71. The number of hydrogen-bond donors (Lipinski definition) is 0. The van der Waals surface area contributed by atoms with Gasteiger partial charge in [-0.05, 0) is 43.9 Å². The van der Waals surface area contributed by atoms with Crippen molar-refractivity contribution in [2.75, 3.05) is 6.54 Å². The average Bonchev–Trinajstić information content (AvgIpc) is 3.30. The van der Waals surface area contributed by atoms with E-state index in [0.717, 1.165) is 43.9 Å². The average molecular weight is 341 g/mol. The lowest BCUT2D eigenvalue weighted by molar-refractivity contribution is -0.126. The minimum atomic E-state index is -0.0409. The van der Waals surface area contributed by atoms with Gasteiger partial charge in [0.1, 0.15) is 17.6 Å². The van der Waals surface area contributed by atoms with Gasteiger partial charge in [-0.3, -0.25) is 4.79 Å². The lowest BCUT2D eigenvalue weighted by atomic mass is 10.00. The van der Waals surface area contributed by atoms with Crippen molar-refractivity contribution in [1.29, 1.82) is 0 Å². The summed E-state index contributed by atoms with van der Waals surface area (Å²) < 4.78 is 7.93. The first-order valence-corrected chi connectivity index (χ1v) is 9.22. The largest absolute Gasteiger partial charge is 0.464 e. The first-order valence-electron chi connectivity index (χ1n) is 9.22. The Bertz CT molecular complexity index is 715. The molecule has 0 aliphatic carbocycles. The van der Waals surface area contributed by atoms with E-state index in [-0.39, 0.29) is 11.9 Å². The molecule has 1 atom stereocenters. The first kappa shape index (κ1) is 17.5. The molecule has 25 heavy (non-hydrogen) atoms. The van der Waals surface area contributed by atoms with Gasteiger partial charge in [0.15, 0.2) is 0 Å². The number of unbranched alkanes of at least 4 members (excludes halogenated alkanes) is 2. The number of furan rings is 1. The van der Waals surface area contributed by atoms with Crippen LogP contribution < -0.4 is 0 Å². The van der Waals surface area contributed by atoms with Gasteiger partial charge in [-0.2, -0.15) is 0 Å². The Morgan fingerprint density at radius 3 is 2.76 bits per heavy atom. The standard InChI is InChI=1S/C20H27N3O2/c1-3-4-5-7-17-14-19(24)23(12-6-11-22-13-10-21-15-22)20(17)18-9-8-16(2)25-18/h8-10,13-15,20H,3-7,11-12H2,1-2H3. The number of amides is 1. The summed E-state index contributed by atoms with van der Waals surface area (Å²) in [5, 5.41) is 0.